The zero-order chi connectivity index (χ0) is 14.8. The topological polar surface area (TPSA) is 56.7 Å². The lowest BCUT2D eigenvalue weighted by atomic mass is 10.2. The number of hydrogen-bond donors (Lipinski definition) is 1. The van der Waals surface area contributed by atoms with Crippen LogP contribution in [0.4, 0.5) is 0 Å². The first-order valence-electron chi connectivity index (χ1n) is 7.82. The molecule has 2 fully saturated rings. The summed E-state index contributed by atoms with van der Waals surface area (Å²) >= 11 is 1.56. The SMILES string of the molecule is CC[C@H](O)CN1CCN(C(=O)c2cnc(C3CC3)s2)CC1. The molecule has 1 aliphatic heterocycles. The third-order valence-electron chi connectivity index (χ3n) is 4.26. The number of aromatic nitrogens is 1. The van der Waals surface area contributed by atoms with E-state index in [-0.39, 0.29) is 12.0 Å². The van der Waals surface area contributed by atoms with Gasteiger partial charge in [-0.1, -0.05) is 6.92 Å². The van der Waals surface area contributed by atoms with Crippen molar-refractivity contribution < 1.29 is 9.90 Å². The van der Waals surface area contributed by atoms with Crippen LogP contribution in [0.2, 0.25) is 0 Å². The summed E-state index contributed by atoms with van der Waals surface area (Å²) in [5, 5.41) is 10.8. The van der Waals surface area contributed by atoms with Crippen molar-refractivity contribution in [2.45, 2.75) is 38.2 Å². The number of rotatable bonds is 5. The molecule has 0 unspecified atom stereocenters. The van der Waals surface area contributed by atoms with Crippen molar-refractivity contribution in [1.82, 2.24) is 14.8 Å². The molecule has 1 saturated heterocycles. The maximum Gasteiger partial charge on any atom is 0.265 e. The van der Waals surface area contributed by atoms with Gasteiger partial charge < -0.3 is 10.0 Å². The standard InChI is InChI=1S/C15H23N3O2S/c1-2-12(19)10-17-5-7-18(8-6-17)15(20)13-9-16-14(21-13)11-3-4-11/h9,11-12,19H,2-8,10H2,1H3/t12-/m0/s1. The smallest absolute Gasteiger partial charge is 0.265 e. The first-order valence-corrected chi connectivity index (χ1v) is 8.64. The fourth-order valence-electron chi connectivity index (χ4n) is 2.62. The highest BCUT2D eigenvalue weighted by Gasteiger charge is 2.29. The maximum atomic E-state index is 12.5. The normalized spacial score (nSPS) is 21.5. The lowest BCUT2D eigenvalue weighted by molar-refractivity contribution is 0.0527. The number of amides is 1. The largest absolute Gasteiger partial charge is 0.392 e. The van der Waals surface area contributed by atoms with Gasteiger partial charge in [-0.15, -0.1) is 11.3 Å². The van der Waals surface area contributed by atoms with E-state index in [0.29, 0.717) is 12.5 Å². The lowest BCUT2D eigenvalue weighted by Crippen LogP contribution is -2.50. The van der Waals surface area contributed by atoms with Crippen molar-refractivity contribution in [2.24, 2.45) is 0 Å². The summed E-state index contributed by atoms with van der Waals surface area (Å²) in [6.45, 7) is 5.88. The van der Waals surface area contributed by atoms with E-state index in [1.807, 2.05) is 11.8 Å². The molecule has 0 bridgehead atoms. The maximum absolute atomic E-state index is 12.5. The minimum atomic E-state index is -0.255. The quantitative estimate of drug-likeness (QED) is 0.896. The summed E-state index contributed by atoms with van der Waals surface area (Å²) in [6.07, 6.45) is 4.71. The molecule has 21 heavy (non-hydrogen) atoms. The summed E-state index contributed by atoms with van der Waals surface area (Å²) in [7, 11) is 0. The molecular weight excluding hydrogens is 286 g/mol. The number of carbonyl (C=O) groups excluding carboxylic acids is 1. The van der Waals surface area contributed by atoms with E-state index in [9.17, 15) is 9.90 Å². The number of piperazine rings is 1. The molecule has 1 atom stereocenters. The van der Waals surface area contributed by atoms with Gasteiger partial charge in [0.2, 0.25) is 0 Å². The van der Waals surface area contributed by atoms with Gasteiger partial charge in [0, 0.05) is 38.6 Å². The van der Waals surface area contributed by atoms with Crippen molar-refractivity contribution in [3.63, 3.8) is 0 Å². The highest BCUT2D eigenvalue weighted by molar-refractivity contribution is 7.13. The molecule has 0 radical (unpaired) electrons. The molecule has 116 valence electrons. The van der Waals surface area contributed by atoms with Crippen LogP contribution >= 0.6 is 11.3 Å². The van der Waals surface area contributed by atoms with Gasteiger partial charge >= 0.3 is 0 Å². The second-order valence-corrected chi connectivity index (χ2v) is 7.05. The van der Waals surface area contributed by atoms with E-state index in [0.717, 1.165) is 42.5 Å². The Morgan fingerprint density at radius 1 is 1.43 bits per heavy atom. The first-order chi connectivity index (χ1) is 10.2. The molecule has 2 aliphatic rings. The van der Waals surface area contributed by atoms with E-state index < -0.39 is 0 Å². The second-order valence-electron chi connectivity index (χ2n) is 5.99. The van der Waals surface area contributed by atoms with Crippen LogP contribution in [0.15, 0.2) is 6.20 Å². The molecule has 1 aliphatic carbocycles. The first kappa shape index (κ1) is 14.9. The van der Waals surface area contributed by atoms with Crippen molar-refractivity contribution in [1.29, 1.82) is 0 Å². The molecular formula is C15H23N3O2S. The molecule has 0 aromatic carbocycles. The van der Waals surface area contributed by atoms with Crippen molar-refractivity contribution in [3.8, 4) is 0 Å². The highest BCUT2D eigenvalue weighted by atomic mass is 32.1. The van der Waals surface area contributed by atoms with Crippen LogP contribution in [0.5, 0.6) is 0 Å². The predicted octanol–water partition coefficient (Wildman–Crippen LogP) is 1.55. The number of thiazole rings is 1. The van der Waals surface area contributed by atoms with Gasteiger partial charge in [0.1, 0.15) is 4.88 Å². The monoisotopic (exact) mass is 309 g/mol. The van der Waals surface area contributed by atoms with Gasteiger partial charge in [0.25, 0.3) is 5.91 Å². The Balaban J connectivity index is 1.52. The average molecular weight is 309 g/mol. The predicted molar refractivity (Wildman–Crippen MR) is 82.7 cm³/mol. The molecule has 1 amide bonds. The van der Waals surface area contributed by atoms with Crippen molar-refractivity contribution in [2.75, 3.05) is 32.7 Å². The summed E-state index contributed by atoms with van der Waals surface area (Å²) < 4.78 is 0. The molecule has 5 nitrogen and oxygen atoms in total. The van der Waals surface area contributed by atoms with Gasteiger partial charge in [-0.3, -0.25) is 9.69 Å². The van der Waals surface area contributed by atoms with Gasteiger partial charge in [0.05, 0.1) is 17.3 Å². The van der Waals surface area contributed by atoms with Crippen LogP contribution in [-0.2, 0) is 0 Å². The van der Waals surface area contributed by atoms with E-state index in [1.54, 1.807) is 17.5 Å². The lowest BCUT2D eigenvalue weighted by Gasteiger charge is -2.35. The van der Waals surface area contributed by atoms with Gasteiger partial charge in [0.15, 0.2) is 0 Å². The van der Waals surface area contributed by atoms with E-state index in [4.69, 9.17) is 0 Å². The number of nitrogens with zero attached hydrogens (tertiary/aromatic N) is 3. The minimum absolute atomic E-state index is 0.120. The molecule has 1 aromatic rings. The van der Waals surface area contributed by atoms with Crippen LogP contribution in [0.1, 0.15) is 46.8 Å². The molecule has 2 heterocycles. The Morgan fingerprint density at radius 2 is 2.14 bits per heavy atom. The van der Waals surface area contributed by atoms with Crippen molar-refractivity contribution in [3.05, 3.63) is 16.1 Å². The van der Waals surface area contributed by atoms with Crippen LogP contribution in [0, 0.1) is 0 Å². The summed E-state index contributed by atoms with van der Waals surface area (Å²) in [5.41, 5.74) is 0. The Labute approximate surface area is 129 Å². The van der Waals surface area contributed by atoms with Crippen LogP contribution in [-0.4, -0.2) is 64.6 Å². The number of carbonyl (C=O) groups is 1. The fourth-order valence-corrected chi connectivity index (χ4v) is 3.68. The number of aliphatic hydroxyl groups excluding tert-OH is 1. The third kappa shape index (κ3) is 3.62. The van der Waals surface area contributed by atoms with Gasteiger partial charge in [-0.25, -0.2) is 4.98 Å². The van der Waals surface area contributed by atoms with Crippen LogP contribution in [0.3, 0.4) is 0 Å². The molecule has 1 saturated carbocycles. The average Bonchev–Trinajstić information content (AvgIpc) is 3.24. The molecule has 1 N–H and O–H groups in total. The third-order valence-corrected chi connectivity index (χ3v) is 5.41. The van der Waals surface area contributed by atoms with Crippen LogP contribution < -0.4 is 0 Å². The minimum Gasteiger partial charge on any atom is -0.392 e. The number of hydrogen-bond acceptors (Lipinski definition) is 5. The Bertz CT molecular complexity index is 493. The summed E-state index contributed by atoms with van der Waals surface area (Å²) in [4.78, 5) is 21.8. The zero-order valence-corrected chi connectivity index (χ0v) is 13.3. The Hall–Kier alpha value is -0.980. The zero-order valence-electron chi connectivity index (χ0n) is 12.5. The van der Waals surface area contributed by atoms with Crippen LogP contribution in [0.25, 0.3) is 0 Å². The van der Waals surface area contributed by atoms with E-state index in [1.165, 1.54) is 12.8 Å². The Kier molecular flexibility index (Phi) is 4.57. The number of β-amino-alcohol motifs (C(OH)–C–C–N with tert-alkyl or cyclic N) is 1. The van der Waals surface area contributed by atoms with Crippen molar-refractivity contribution >= 4 is 17.2 Å². The second kappa shape index (κ2) is 6.42. The van der Waals surface area contributed by atoms with Gasteiger partial charge in [-0.05, 0) is 19.3 Å². The fraction of sp³-hybridized carbons (Fsp3) is 0.733. The van der Waals surface area contributed by atoms with Gasteiger partial charge in [-0.2, -0.15) is 0 Å². The highest BCUT2D eigenvalue weighted by Crippen LogP contribution is 2.41. The molecule has 0 spiro atoms. The summed E-state index contributed by atoms with van der Waals surface area (Å²) in [5.74, 6) is 0.735. The van der Waals surface area contributed by atoms with E-state index >= 15 is 0 Å². The summed E-state index contributed by atoms with van der Waals surface area (Å²) in [6, 6.07) is 0. The molecule has 1 aromatic heterocycles. The number of aliphatic hydroxyl groups is 1. The Morgan fingerprint density at radius 3 is 2.76 bits per heavy atom. The molecule has 3 rings (SSSR count). The van der Waals surface area contributed by atoms with E-state index in [2.05, 4.69) is 9.88 Å². The molecule has 6 heteroatoms.